The van der Waals surface area contributed by atoms with Gasteiger partial charge >= 0.3 is 0 Å². The van der Waals surface area contributed by atoms with Crippen LogP contribution in [0, 0.1) is 51.7 Å². The molecule has 0 fully saturated rings. The quantitative estimate of drug-likeness (QED) is 0.0756. The van der Waals surface area contributed by atoms with Gasteiger partial charge in [0.15, 0.2) is 0 Å². The molecule has 2 aromatic heterocycles. The fourth-order valence-electron chi connectivity index (χ4n) is 5.89. The largest absolute Gasteiger partial charge is 0.399 e. The summed E-state index contributed by atoms with van der Waals surface area (Å²) in [4.78, 5) is 46.2. The highest BCUT2D eigenvalue weighted by molar-refractivity contribution is 7.14. The number of aromatic nitrogens is 2. The Hall–Kier alpha value is -5.72. The molecule has 0 saturated heterocycles. The second kappa shape index (κ2) is 17.0. The monoisotopic (exact) mass is 760 g/mol. The summed E-state index contributed by atoms with van der Waals surface area (Å²) in [6, 6.07) is 23.5. The Balaban J connectivity index is 0.000000208. The highest BCUT2D eigenvalue weighted by Gasteiger charge is 2.21. The van der Waals surface area contributed by atoms with Crippen LogP contribution in [0.5, 0.6) is 0 Å². The minimum atomic E-state index is -0.366. The van der Waals surface area contributed by atoms with E-state index in [2.05, 4.69) is 23.6 Å². The van der Waals surface area contributed by atoms with E-state index < -0.39 is 0 Å². The first-order chi connectivity index (χ1) is 25.7. The Labute approximate surface area is 323 Å². The summed E-state index contributed by atoms with van der Waals surface area (Å²) in [5.74, 6) is -0.273. The van der Waals surface area contributed by atoms with Crippen LogP contribution in [0.1, 0.15) is 73.9 Å². The molecule has 6 aromatic rings. The third-order valence-corrected chi connectivity index (χ3v) is 11.2. The van der Waals surface area contributed by atoms with Crippen molar-refractivity contribution in [2.45, 2.75) is 54.4 Å². The minimum absolute atomic E-state index is 0.102. The summed E-state index contributed by atoms with van der Waals surface area (Å²) in [7, 11) is 3.25. The maximum Gasteiger partial charge on any atom is 0.272 e. The Morgan fingerprint density at radius 1 is 0.648 bits per heavy atom. The molecule has 0 spiro atoms. The van der Waals surface area contributed by atoms with E-state index in [0.29, 0.717) is 33.9 Å². The number of hydrogen-bond donors (Lipinski definition) is 3. The highest BCUT2D eigenvalue weighted by atomic mass is 32.1. The molecule has 0 bridgehead atoms. The van der Waals surface area contributed by atoms with E-state index in [4.69, 9.17) is 15.7 Å². The van der Waals surface area contributed by atoms with E-state index in [1.807, 2.05) is 88.4 Å². The summed E-state index contributed by atoms with van der Waals surface area (Å²) < 4.78 is 0. The number of nitro groups is 1. The number of nitrogen functional groups attached to an aromatic ring is 1. The summed E-state index contributed by atoms with van der Waals surface area (Å²) in [5.41, 5.74) is 18.3. The number of nitrogens with one attached hydrogen (secondary N) is 2. The van der Waals surface area contributed by atoms with E-state index in [-0.39, 0.29) is 22.4 Å². The van der Waals surface area contributed by atoms with Crippen molar-refractivity contribution in [1.29, 1.82) is 0 Å². The molecule has 4 N–H and O–H groups in total. The number of carbonyl (C=O) groups excluding carboxylic acids is 2. The first-order valence-corrected chi connectivity index (χ1v) is 19.0. The number of aryl methyl sites for hydroxylation is 6. The van der Waals surface area contributed by atoms with Crippen LogP contribution in [-0.2, 0) is 12.8 Å². The molecule has 54 heavy (non-hydrogen) atoms. The summed E-state index contributed by atoms with van der Waals surface area (Å²) in [6.45, 7) is 11.7. The standard InChI is InChI=1S/C21H21N3O3S.C21H23N3OS/c1-12-5-7-15(8-6-12)19-20(21(25)22-4)28-18(23-19)11-16-9-14(3)17(24(26)27)10-13(16)2;1-12-5-7-15(8-6-12)19-20(21(25)23-4)26-18(24-19)11-16-9-14(3)17(22)10-13(16)2/h5-10H,11H2,1-4H3,(H,22,25);5-10H,11,22H2,1-4H3,(H,23,25). The average Bonchev–Trinajstić information content (AvgIpc) is 3.77. The van der Waals surface area contributed by atoms with Gasteiger partial charge in [-0.05, 0) is 81.5 Å². The lowest BCUT2D eigenvalue weighted by atomic mass is 10.0. The Kier molecular flexibility index (Phi) is 12.4. The average molecular weight is 761 g/mol. The van der Waals surface area contributed by atoms with E-state index in [9.17, 15) is 19.7 Å². The topological polar surface area (TPSA) is 153 Å². The predicted molar refractivity (Wildman–Crippen MR) is 220 cm³/mol. The Morgan fingerprint density at radius 2 is 1.06 bits per heavy atom. The van der Waals surface area contributed by atoms with Crippen molar-refractivity contribution >= 4 is 45.9 Å². The van der Waals surface area contributed by atoms with E-state index in [1.54, 1.807) is 27.1 Å². The molecule has 6 rings (SSSR count). The van der Waals surface area contributed by atoms with Gasteiger partial charge in [0, 0.05) is 55.4 Å². The second-order valence-electron chi connectivity index (χ2n) is 13.3. The Morgan fingerprint density at radius 3 is 1.46 bits per heavy atom. The van der Waals surface area contributed by atoms with Crippen molar-refractivity contribution in [3.63, 3.8) is 0 Å². The highest BCUT2D eigenvalue weighted by Crippen LogP contribution is 2.33. The number of benzene rings is 4. The summed E-state index contributed by atoms with van der Waals surface area (Å²) >= 11 is 2.80. The van der Waals surface area contributed by atoms with E-state index in [0.717, 1.165) is 60.3 Å². The lowest BCUT2D eigenvalue weighted by Gasteiger charge is -2.08. The van der Waals surface area contributed by atoms with Crippen molar-refractivity contribution < 1.29 is 14.5 Å². The lowest BCUT2D eigenvalue weighted by molar-refractivity contribution is -0.385. The number of thiazole rings is 2. The summed E-state index contributed by atoms with van der Waals surface area (Å²) in [5, 5.41) is 18.3. The molecule has 2 heterocycles. The van der Waals surface area contributed by atoms with Crippen molar-refractivity contribution in [2.75, 3.05) is 19.8 Å². The van der Waals surface area contributed by atoms with Crippen molar-refractivity contribution in [1.82, 2.24) is 20.6 Å². The van der Waals surface area contributed by atoms with E-state index in [1.165, 1.54) is 33.8 Å². The Bertz CT molecular complexity index is 2340. The number of anilines is 1. The molecule has 0 unspecified atom stereocenters. The van der Waals surface area contributed by atoms with Crippen LogP contribution in [0.2, 0.25) is 0 Å². The van der Waals surface area contributed by atoms with Gasteiger partial charge in [-0.15, -0.1) is 22.7 Å². The number of amides is 2. The van der Waals surface area contributed by atoms with Gasteiger partial charge in [0.1, 0.15) is 9.75 Å². The van der Waals surface area contributed by atoms with Crippen molar-refractivity contribution in [2.24, 2.45) is 0 Å². The van der Waals surface area contributed by atoms with Gasteiger partial charge in [-0.2, -0.15) is 0 Å². The fourth-order valence-corrected chi connectivity index (χ4v) is 8.00. The number of rotatable bonds is 9. The molecular weight excluding hydrogens is 717 g/mol. The molecule has 12 heteroatoms. The zero-order chi connectivity index (χ0) is 39.3. The molecule has 0 aliphatic heterocycles. The maximum atomic E-state index is 12.4. The zero-order valence-corrected chi connectivity index (χ0v) is 33.3. The van der Waals surface area contributed by atoms with Crippen LogP contribution in [0.25, 0.3) is 22.5 Å². The number of nitrogens with two attached hydrogens (primary N) is 1. The van der Waals surface area contributed by atoms with Gasteiger partial charge in [-0.25, -0.2) is 9.97 Å². The van der Waals surface area contributed by atoms with Gasteiger partial charge in [0.2, 0.25) is 0 Å². The number of nitrogens with zero attached hydrogens (tertiary/aromatic N) is 3. The lowest BCUT2D eigenvalue weighted by Crippen LogP contribution is -2.17. The molecule has 0 atom stereocenters. The van der Waals surface area contributed by atoms with Gasteiger partial charge in [-0.1, -0.05) is 65.7 Å². The van der Waals surface area contributed by atoms with E-state index >= 15 is 0 Å². The maximum absolute atomic E-state index is 12.4. The third-order valence-electron chi connectivity index (χ3n) is 9.12. The van der Waals surface area contributed by atoms with Gasteiger partial charge in [0.05, 0.1) is 26.3 Å². The van der Waals surface area contributed by atoms with Crippen LogP contribution >= 0.6 is 22.7 Å². The van der Waals surface area contributed by atoms with Crippen molar-refractivity contribution in [3.8, 4) is 22.5 Å². The minimum Gasteiger partial charge on any atom is -0.399 e. The molecule has 2 amide bonds. The van der Waals surface area contributed by atoms with Crippen molar-refractivity contribution in [3.05, 3.63) is 147 Å². The molecular formula is C42H44N6O4S2. The smallest absolute Gasteiger partial charge is 0.272 e. The molecule has 278 valence electrons. The number of nitro benzene ring substituents is 1. The zero-order valence-electron chi connectivity index (χ0n) is 31.7. The first-order valence-electron chi connectivity index (χ1n) is 17.4. The SMILES string of the molecule is CNC(=O)c1sc(Cc2cc(C)c(N)cc2C)nc1-c1ccc(C)cc1.CNC(=O)c1sc(Cc2cc(C)c([N+](=O)[O-])cc2C)nc1-c1ccc(C)cc1. The van der Waals surface area contributed by atoms with Gasteiger partial charge in [-0.3, -0.25) is 19.7 Å². The molecule has 0 aliphatic carbocycles. The fraction of sp³-hybridized carbons (Fsp3) is 0.238. The van der Waals surface area contributed by atoms with Crippen LogP contribution in [-0.4, -0.2) is 40.8 Å². The molecule has 0 aliphatic rings. The van der Waals surface area contributed by atoms with Crippen LogP contribution in [0.3, 0.4) is 0 Å². The normalized spacial score (nSPS) is 10.7. The molecule has 10 nitrogen and oxygen atoms in total. The third kappa shape index (κ3) is 9.07. The van der Waals surface area contributed by atoms with Crippen LogP contribution < -0.4 is 16.4 Å². The number of hydrogen-bond acceptors (Lipinski definition) is 9. The van der Waals surface area contributed by atoms with Gasteiger partial charge < -0.3 is 16.4 Å². The van der Waals surface area contributed by atoms with Crippen LogP contribution in [0.4, 0.5) is 11.4 Å². The first kappa shape index (κ1) is 39.5. The number of carbonyl (C=O) groups is 2. The van der Waals surface area contributed by atoms with Gasteiger partial charge in [0.25, 0.3) is 17.5 Å². The molecule has 0 saturated carbocycles. The predicted octanol–water partition coefficient (Wildman–Crippen LogP) is 8.86. The summed E-state index contributed by atoms with van der Waals surface area (Å²) in [6.07, 6.45) is 1.21. The molecule has 0 radical (unpaired) electrons. The molecule has 4 aromatic carbocycles. The van der Waals surface area contributed by atoms with Crippen LogP contribution in [0.15, 0.2) is 72.8 Å². The second-order valence-corrected chi connectivity index (χ2v) is 15.4.